The van der Waals surface area contributed by atoms with E-state index in [1.165, 1.54) is 0 Å². The molecule has 0 amide bonds. The van der Waals surface area contributed by atoms with Crippen LogP contribution in [0.3, 0.4) is 0 Å². The predicted molar refractivity (Wildman–Crippen MR) is 65.9 cm³/mol. The van der Waals surface area contributed by atoms with Crippen molar-refractivity contribution in [2.24, 2.45) is 0 Å². The minimum atomic E-state index is 0.607. The fourth-order valence-electron chi connectivity index (χ4n) is 1.51. The molecule has 0 aliphatic rings. The SMILES string of the molecule is O=Cc1c[nH]c2ncc(C=CCCCl)cc12. The van der Waals surface area contributed by atoms with E-state index >= 15 is 0 Å². The van der Waals surface area contributed by atoms with Gasteiger partial charge in [0, 0.05) is 29.2 Å². The second-order valence-corrected chi connectivity index (χ2v) is 3.78. The van der Waals surface area contributed by atoms with E-state index in [1.54, 1.807) is 12.4 Å². The standard InChI is InChI=1S/C12H11ClN2O/c13-4-2-1-3-9-5-11-10(8-16)7-15-12(11)14-6-9/h1,3,5-8H,2,4H2,(H,14,15). The fraction of sp³-hybridized carbons (Fsp3) is 0.167. The van der Waals surface area contributed by atoms with E-state index in [0.717, 1.165) is 29.3 Å². The lowest BCUT2D eigenvalue weighted by Crippen LogP contribution is -1.81. The summed E-state index contributed by atoms with van der Waals surface area (Å²) in [7, 11) is 0. The van der Waals surface area contributed by atoms with Crippen molar-refractivity contribution in [3.05, 3.63) is 35.7 Å². The maximum Gasteiger partial charge on any atom is 0.152 e. The van der Waals surface area contributed by atoms with Crippen LogP contribution < -0.4 is 0 Å². The first kappa shape index (κ1) is 10.9. The zero-order valence-corrected chi connectivity index (χ0v) is 9.37. The van der Waals surface area contributed by atoms with E-state index in [-0.39, 0.29) is 0 Å². The van der Waals surface area contributed by atoms with E-state index in [4.69, 9.17) is 11.6 Å². The number of H-pyrrole nitrogens is 1. The van der Waals surface area contributed by atoms with Crippen LogP contribution in [0, 0.1) is 0 Å². The molecule has 0 saturated carbocycles. The number of allylic oxidation sites excluding steroid dienone is 1. The summed E-state index contributed by atoms with van der Waals surface area (Å²) in [5.41, 5.74) is 2.34. The summed E-state index contributed by atoms with van der Waals surface area (Å²) in [6.45, 7) is 0. The monoisotopic (exact) mass is 234 g/mol. The van der Waals surface area contributed by atoms with Crippen molar-refractivity contribution in [3.63, 3.8) is 0 Å². The molecular formula is C12H11ClN2O. The number of hydrogen-bond donors (Lipinski definition) is 1. The summed E-state index contributed by atoms with van der Waals surface area (Å²) >= 11 is 5.57. The van der Waals surface area contributed by atoms with E-state index < -0.39 is 0 Å². The topological polar surface area (TPSA) is 45.8 Å². The molecule has 0 bridgehead atoms. The molecule has 0 aliphatic carbocycles. The molecule has 2 heterocycles. The summed E-state index contributed by atoms with van der Waals surface area (Å²) in [4.78, 5) is 17.9. The van der Waals surface area contributed by atoms with Crippen LogP contribution in [-0.4, -0.2) is 22.1 Å². The normalized spacial score (nSPS) is 11.3. The second-order valence-electron chi connectivity index (χ2n) is 3.41. The second kappa shape index (κ2) is 4.94. The van der Waals surface area contributed by atoms with Gasteiger partial charge >= 0.3 is 0 Å². The van der Waals surface area contributed by atoms with Gasteiger partial charge in [-0.2, -0.15) is 0 Å². The molecule has 0 saturated heterocycles. The van der Waals surface area contributed by atoms with E-state index in [0.29, 0.717) is 11.4 Å². The molecule has 0 unspecified atom stereocenters. The molecule has 0 radical (unpaired) electrons. The summed E-state index contributed by atoms with van der Waals surface area (Å²) in [6.07, 6.45) is 9.02. The molecule has 0 fully saturated rings. The van der Waals surface area contributed by atoms with Crippen molar-refractivity contribution >= 4 is 35.0 Å². The minimum absolute atomic E-state index is 0.607. The number of aldehydes is 1. The number of aromatic amines is 1. The molecule has 3 nitrogen and oxygen atoms in total. The summed E-state index contributed by atoms with van der Waals surface area (Å²) in [5, 5.41) is 0.850. The number of carbonyl (C=O) groups is 1. The van der Waals surface area contributed by atoms with Gasteiger partial charge in [-0.25, -0.2) is 4.98 Å². The lowest BCUT2D eigenvalue weighted by molar-refractivity contribution is 0.112. The third-order valence-electron chi connectivity index (χ3n) is 2.30. The number of carbonyl (C=O) groups excluding carboxylic acids is 1. The Hall–Kier alpha value is -1.61. The molecule has 4 heteroatoms. The van der Waals surface area contributed by atoms with Crippen molar-refractivity contribution in [3.8, 4) is 0 Å². The number of alkyl halides is 1. The van der Waals surface area contributed by atoms with Gasteiger partial charge in [0.15, 0.2) is 6.29 Å². The highest BCUT2D eigenvalue weighted by atomic mass is 35.5. The molecule has 2 aromatic rings. The van der Waals surface area contributed by atoms with Crippen LogP contribution in [0.4, 0.5) is 0 Å². The third kappa shape index (κ3) is 2.14. The maximum atomic E-state index is 10.8. The smallest absolute Gasteiger partial charge is 0.152 e. The minimum Gasteiger partial charge on any atom is -0.345 e. The number of fused-ring (bicyclic) bond motifs is 1. The summed E-state index contributed by atoms with van der Waals surface area (Å²) in [5.74, 6) is 0.607. The highest BCUT2D eigenvalue weighted by molar-refractivity contribution is 6.17. The number of halogens is 1. The molecule has 0 spiro atoms. The largest absolute Gasteiger partial charge is 0.345 e. The first-order valence-electron chi connectivity index (χ1n) is 5.00. The van der Waals surface area contributed by atoms with Crippen molar-refractivity contribution in [1.29, 1.82) is 0 Å². The van der Waals surface area contributed by atoms with Crippen molar-refractivity contribution < 1.29 is 4.79 Å². The third-order valence-corrected chi connectivity index (χ3v) is 2.52. The Kier molecular flexibility index (Phi) is 3.37. The zero-order chi connectivity index (χ0) is 11.4. The number of pyridine rings is 1. The molecule has 0 aliphatic heterocycles. The van der Waals surface area contributed by atoms with Crippen LogP contribution in [0.2, 0.25) is 0 Å². The van der Waals surface area contributed by atoms with Gasteiger partial charge in [-0.3, -0.25) is 4.79 Å². The molecule has 0 atom stereocenters. The van der Waals surface area contributed by atoms with E-state index in [1.807, 2.05) is 18.2 Å². The van der Waals surface area contributed by atoms with Gasteiger partial charge in [0.1, 0.15) is 5.65 Å². The number of nitrogens with zero attached hydrogens (tertiary/aromatic N) is 1. The van der Waals surface area contributed by atoms with Crippen molar-refractivity contribution in [1.82, 2.24) is 9.97 Å². The molecule has 16 heavy (non-hydrogen) atoms. The Bertz CT molecular complexity index is 531. The average molecular weight is 235 g/mol. The van der Waals surface area contributed by atoms with Crippen LogP contribution in [0.15, 0.2) is 24.5 Å². The number of nitrogens with one attached hydrogen (secondary N) is 1. The van der Waals surface area contributed by atoms with Gasteiger partial charge in [-0.15, -0.1) is 11.6 Å². The molecule has 0 aromatic carbocycles. The summed E-state index contributed by atoms with van der Waals surface area (Å²) < 4.78 is 0. The first-order valence-corrected chi connectivity index (χ1v) is 5.53. The highest BCUT2D eigenvalue weighted by Gasteiger charge is 2.03. The van der Waals surface area contributed by atoms with Gasteiger partial charge in [-0.05, 0) is 18.1 Å². The van der Waals surface area contributed by atoms with Crippen LogP contribution in [-0.2, 0) is 0 Å². The number of rotatable bonds is 4. The van der Waals surface area contributed by atoms with Gasteiger partial charge in [-0.1, -0.05) is 12.2 Å². The predicted octanol–water partition coefficient (Wildman–Crippen LogP) is 3.02. The molecular weight excluding hydrogens is 224 g/mol. The first-order chi connectivity index (χ1) is 7.85. The van der Waals surface area contributed by atoms with Crippen molar-refractivity contribution in [2.75, 3.05) is 5.88 Å². The van der Waals surface area contributed by atoms with Gasteiger partial charge in [0.05, 0.1) is 0 Å². The molecule has 1 N–H and O–H groups in total. The molecule has 2 rings (SSSR count). The van der Waals surface area contributed by atoms with Crippen LogP contribution in [0.5, 0.6) is 0 Å². The number of hydrogen-bond acceptors (Lipinski definition) is 2. The van der Waals surface area contributed by atoms with Gasteiger partial charge in [0.2, 0.25) is 0 Å². The highest BCUT2D eigenvalue weighted by Crippen LogP contribution is 2.16. The fourth-order valence-corrected chi connectivity index (χ4v) is 1.64. The Balaban J connectivity index is 2.37. The van der Waals surface area contributed by atoms with E-state index in [2.05, 4.69) is 9.97 Å². The Labute approximate surface area is 98.1 Å². The Morgan fingerprint density at radius 1 is 1.50 bits per heavy atom. The maximum absolute atomic E-state index is 10.8. The van der Waals surface area contributed by atoms with E-state index in [9.17, 15) is 4.79 Å². The lowest BCUT2D eigenvalue weighted by atomic mass is 10.1. The quantitative estimate of drug-likeness (QED) is 0.653. The average Bonchev–Trinajstić information content (AvgIpc) is 2.71. The van der Waals surface area contributed by atoms with Crippen LogP contribution in [0.1, 0.15) is 22.3 Å². The number of aromatic nitrogens is 2. The van der Waals surface area contributed by atoms with Gasteiger partial charge < -0.3 is 4.98 Å². The van der Waals surface area contributed by atoms with Crippen molar-refractivity contribution in [2.45, 2.75) is 6.42 Å². The lowest BCUT2D eigenvalue weighted by Gasteiger charge is -1.94. The zero-order valence-electron chi connectivity index (χ0n) is 8.61. The summed E-state index contributed by atoms with van der Waals surface area (Å²) in [6, 6.07) is 1.94. The van der Waals surface area contributed by atoms with Crippen LogP contribution >= 0.6 is 11.6 Å². The Morgan fingerprint density at radius 2 is 2.38 bits per heavy atom. The van der Waals surface area contributed by atoms with Crippen LogP contribution in [0.25, 0.3) is 17.1 Å². The Morgan fingerprint density at radius 3 is 3.12 bits per heavy atom. The van der Waals surface area contributed by atoms with Gasteiger partial charge in [0.25, 0.3) is 0 Å². The molecule has 82 valence electrons. The molecule has 2 aromatic heterocycles.